The summed E-state index contributed by atoms with van der Waals surface area (Å²) < 4.78 is 11.7. The number of carbonyl (C=O) groups excluding carboxylic acids is 2. The smallest absolute Gasteiger partial charge is 0.326 e. The number of benzene rings is 3. The maximum Gasteiger partial charge on any atom is 0.326 e. The highest BCUT2D eigenvalue weighted by Gasteiger charge is 2.45. The number of halogens is 1. The number of ether oxygens (including phenoxy) is 2. The number of amides is 3. The number of hydrogen-bond donors (Lipinski definition) is 1. The first-order chi connectivity index (χ1) is 19.2. The molecule has 0 saturated carbocycles. The maximum atomic E-state index is 14.4. The van der Waals surface area contributed by atoms with Crippen LogP contribution in [0.4, 0.5) is 4.79 Å². The number of urea groups is 1. The second-order valence-electron chi connectivity index (χ2n) is 10.3. The lowest BCUT2D eigenvalue weighted by atomic mass is 9.93. The molecule has 208 valence electrons. The molecule has 2 aliphatic rings. The largest absolute Gasteiger partial charge is 0.497 e. The Balaban J connectivity index is 1.72. The molecule has 9 heteroatoms. The van der Waals surface area contributed by atoms with Crippen LogP contribution in [0.5, 0.6) is 11.5 Å². The van der Waals surface area contributed by atoms with E-state index >= 15 is 0 Å². The van der Waals surface area contributed by atoms with Crippen LogP contribution in [0.25, 0.3) is 0 Å². The van der Waals surface area contributed by atoms with Crippen LogP contribution >= 0.6 is 11.6 Å². The average Bonchev–Trinajstić information content (AvgIpc) is 3.33. The van der Waals surface area contributed by atoms with Gasteiger partial charge in [-0.25, -0.2) is 4.79 Å². The minimum Gasteiger partial charge on any atom is -0.497 e. The van der Waals surface area contributed by atoms with Crippen molar-refractivity contribution in [2.45, 2.75) is 39.0 Å². The molecular weight excluding hydrogens is 528 g/mol. The van der Waals surface area contributed by atoms with E-state index in [0.29, 0.717) is 41.0 Å². The fourth-order valence-corrected chi connectivity index (χ4v) is 5.29. The molecule has 0 radical (unpaired) electrons. The second-order valence-corrected chi connectivity index (χ2v) is 10.7. The van der Waals surface area contributed by atoms with Gasteiger partial charge in [0.05, 0.1) is 24.8 Å². The van der Waals surface area contributed by atoms with Crippen molar-refractivity contribution in [3.05, 3.63) is 94.0 Å². The van der Waals surface area contributed by atoms with Crippen LogP contribution in [0.1, 0.15) is 48.2 Å². The standard InChI is InChI=1S/C31H33ClN4O4/c1-19(2)40-26-17-24(39-4)12-13-25(26)30-34-28(21-8-10-23(32)11-9-21)29(22-7-5-6-20(3)16-22)36(30)31(38)35-15-14-33-27(37)18-35/h5-13,16-17,19,28-29H,14-15,18H2,1-4H3,(H,33,37). The molecule has 40 heavy (non-hydrogen) atoms. The zero-order valence-corrected chi connectivity index (χ0v) is 23.8. The molecule has 0 spiro atoms. The molecule has 0 aliphatic carbocycles. The van der Waals surface area contributed by atoms with E-state index in [-0.39, 0.29) is 24.6 Å². The topological polar surface area (TPSA) is 83.5 Å². The number of carbonyl (C=O) groups is 2. The third-order valence-corrected chi connectivity index (χ3v) is 7.22. The Hall–Kier alpha value is -4.04. The Labute approximate surface area is 239 Å². The van der Waals surface area contributed by atoms with Crippen LogP contribution in [-0.4, -0.2) is 60.4 Å². The van der Waals surface area contributed by atoms with Gasteiger partial charge in [-0.05, 0) is 56.2 Å². The van der Waals surface area contributed by atoms with E-state index in [4.69, 9.17) is 26.1 Å². The number of aliphatic imine (C=N–C) groups is 1. The highest BCUT2D eigenvalue weighted by molar-refractivity contribution is 6.30. The van der Waals surface area contributed by atoms with Gasteiger partial charge in [0.2, 0.25) is 5.91 Å². The van der Waals surface area contributed by atoms with Gasteiger partial charge in [-0.1, -0.05) is 53.6 Å². The summed E-state index contributed by atoms with van der Waals surface area (Å²) >= 11 is 6.24. The van der Waals surface area contributed by atoms with Crippen LogP contribution in [0.3, 0.4) is 0 Å². The first-order valence-corrected chi connectivity index (χ1v) is 13.7. The lowest BCUT2D eigenvalue weighted by Gasteiger charge is -2.36. The fourth-order valence-electron chi connectivity index (χ4n) is 5.17. The molecule has 3 amide bonds. The normalized spacial score (nSPS) is 18.9. The van der Waals surface area contributed by atoms with Gasteiger partial charge in [-0.15, -0.1) is 0 Å². The van der Waals surface area contributed by atoms with E-state index in [9.17, 15) is 9.59 Å². The number of rotatable bonds is 6. The van der Waals surface area contributed by atoms with Crippen LogP contribution in [-0.2, 0) is 4.79 Å². The Morgan fingerprint density at radius 3 is 2.52 bits per heavy atom. The van der Waals surface area contributed by atoms with E-state index in [1.807, 2.05) is 81.4 Å². The number of nitrogens with zero attached hydrogens (tertiary/aromatic N) is 3. The van der Waals surface area contributed by atoms with Gasteiger partial charge in [0.1, 0.15) is 29.9 Å². The summed E-state index contributed by atoms with van der Waals surface area (Å²) in [5.41, 5.74) is 3.59. The van der Waals surface area contributed by atoms with Crippen LogP contribution < -0.4 is 14.8 Å². The molecule has 1 fully saturated rings. The number of amidine groups is 1. The summed E-state index contributed by atoms with van der Waals surface area (Å²) in [6, 6.07) is 20.0. The van der Waals surface area contributed by atoms with Gasteiger partial charge in [0.15, 0.2) is 0 Å². The first-order valence-electron chi connectivity index (χ1n) is 13.3. The highest BCUT2D eigenvalue weighted by Crippen LogP contribution is 2.45. The number of hydrogen-bond acceptors (Lipinski definition) is 5. The number of aryl methyl sites for hydroxylation is 1. The highest BCUT2D eigenvalue weighted by atomic mass is 35.5. The lowest BCUT2D eigenvalue weighted by Crippen LogP contribution is -2.55. The third-order valence-electron chi connectivity index (χ3n) is 6.97. The first kappa shape index (κ1) is 27.5. The molecule has 2 unspecified atom stereocenters. The minimum absolute atomic E-state index is 0.0211. The predicted molar refractivity (Wildman–Crippen MR) is 155 cm³/mol. The van der Waals surface area contributed by atoms with Crippen molar-refractivity contribution >= 4 is 29.4 Å². The minimum atomic E-state index is -0.470. The van der Waals surface area contributed by atoms with Crippen LogP contribution in [0.2, 0.25) is 5.02 Å². The summed E-state index contributed by atoms with van der Waals surface area (Å²) in [5.74, 6) is 1.47. The number of nitrogens with one attached hydrogen (secondary N) is 1. The molecule has 1 saturated heterocycles. The SMILES string of the molecule is COc1ccc(C2=NC(c3ccc(Cl)cc3)C(c3cccc(C)c3)N2C(=O)N2CCNC(=O)C2)c(OC(C)C)c1. The lowest BCUT2D eigenvalue weighted by molar-refractivity contribution is -0.123. The Bertz CT molecular complexity index is 1440. The predicted octanol–water partition coefficient (Wildman–Crippen LogP) is 5.54. The molecule has 2 aliphatic heterocycles. The summed E-state index contributed by atoms with van der Waals surface area (Å²) in [7, 11) is 1.60. The monoisotopic (exact) mass is 560 g/mol. The van der Waals surface area contributed by atoms with Crippen molar-refractivity contribution in [3.63, 3.8) is 0 Å². The van der Waals surface area contributed by atoms with Gasteiger partial charge in [-0.3, -0.25) is 14.7 Å². The van der Waals surface area contributed by atoms with Crippen molar-refractivity contribution in [1.29, 1.82) is 0 Å². The third kappa shape index (κ3) is 5.63. The Morgan fingerprint density at radius 1 is 1.07 bits per heavy atom. The van der Waals surface area contributed by atoms with E-state index in [0.717, 1.165) is 16.7 Å². The molecule has 1 N–H and O–H groups in total. The van der Waals surface area contributed by atoms with Crippen molar-refractivity contribution < 1.29 is 19.1 Å². The molecule has 5 rings (SSSR count). The van der Waals surface area contributed by atoms with Crippen molar-refractivity contribution in [2.75, 3.05) is 26.7 Å². The fraction of sp³-hybridized carbons (Fsp3) is 0.323. The molecule has 3 aromatic rings. The average molecular weight is 561 g/mol. The number of piperazine rings is 1. The van der Waals surface area contributed by atoms with E-state index in [1.165, 1.54) is 0 Å². The molecule has 8 nitrogen and oxygen atoms in total. The molecule has 0 aromatic heterocycles. The Kier molecular flexibility index (Phi) is 7.98. The molecule has 3 aromatic carbocycles. The molecule has 2 heterocycles. The molecule has 0 bridgehead atoms. The van der Waals surface area contributed by atoms with Gasteiger partial charge in [-0.2, -0.15) is 0 Å². The van der Waals surface area contributed by atoms with E-state index < -0.39 is 12.1 Å². The van der Waals surface area contributed by atoms with Crippen molar-refractivity contribution in [2.24, 2.45) is 4.99 Å². The van der Waals surface area contributed by atoms with Gasteiger partial charge in [0.25, 0.3) is 0 Å². The zero-order valence-electron chi connectivity index (χ0n) is 23.1. The Morgan fingerprint density at radius 2 is 1.85 bits per heavy atom. The summed E-state index contributed by atoms with van der Waals surface area (Å²) in [6.07, 6.45) is -0.123. The zero-order chi connectivity index (χ0) is 28.4. The van der Waals surface area contributed by atoms with E-state index in [2.05, 4.69) is 11.4 Å². The maximum absolute atomic E-state index is 14.4. The van der Waals surface area contributed by atoms with Crippen LogP contribution in [0.15, 0.2) is 71.7 Å². The second kappa shape index (κ2) is 11.6. The summed E-state index contributed by atoms with van der Waals surface area (Å²) in [5, 5.41) is 3.42. The van der Waals surface area contributed by atoms with Gasteiger partial charge >= 0.3 is 6.03 Å². The van der Waals surface area contributed by atoms with Crippen molar-refractivity contribution in [1.82, 2.24) is 15.1 Å². The van der Waals surface area contributed by atoms with Gasteiger partial charge in [0, 0.05) is 24.2 Å². The van der Waals surface area contributed by atoms with Gasteiger partial charge < -0.3 is 19.7 Å². The summed E-state index contributed by atoms with van der Waals surface area (Å²) in [6.45, 7) is 6.69. The van der Waals surface area contributed by atoms with E-state index in [1.54, 1.807) is 16.9 Å². The molecule has 2 atom stereocenters. The number of methoxy groups -OCH3 is 1. The summed E-state index contributed by atoms with van der Waals surface area (Å²) in [4.78, 5) is 35.2. The van der Waals surface area contributed by atoms with Crippen molar-refractivity contribution in [3.8, 4) is 11.5 Å². The quantitative estimate of drug-likeness (QED) is 0.429. The van der Waals surface area contributed by atoms with Crippen LogP contribution in [0, 0.1) is 6.92 Å². The molecular formula is C31H33ClN4O4.